The summed E-state index contributed by atoms with van der Waals surface area (Å²) in [4.78, 5) is 2.32. The van der Waals surface area contributed by atoms with Crippen LogP contribution in [-0.4, -0.2) is 36.2 Å². The summed E-state index contributed by atoms with van der Waals surface area (Å²) in [7, 11) is 0. The lowest BCUT2D eigenvalue weighted by atomic mass is 9.83. The minimum Gasteiger partial charge on any atom is -0.494 e. The Morgan fingerprint density at radius 2 is 1.52 bits per heavy atom. The Hall–Kier alpha value is -2.05. The highest BCUT2D eigenvalue weighted by Crippen LogP contribution is 2.37. The number of benzene rings is 2. The van der Waals surface area contributed by atoms with E-state index >= 15 is 0 Å². The topological polar surface area (TPSA) is 32.7 Å². The van der Waals surface area contributed by atoms with Gasteiger partial charge >= 0.3 is 6.18 Å². The fraction of sp³-hybridized carbons (Fsp3) is 0.478. The van der Waals surface area contributed by atoms with Crippen molar-refractivity contribution in [1.82, 2.24) is 4.90 Å². The summed E-state index contributed by atoms with van der Waals surface area (Å²) in [5.41, 5.74) is -1.50. The van der Waals surface area contributed by atoms with Crippen molar-refractivity contribution in [2.24, 2.45) is 0 Å². The molecule has 0 bridgehead atoms. The van der Waals surface area contributed by atoms with Gasteiger partial charge in [0.1, 0.15) is 11.4 Å². The number of hydrogen-bond donors (Lipinski definition) is 1. The van der Waals surface area contributed by atoms with E-state index in [1.165, 1.54) is 12.1 Å². The van der Waals surface area contributed by atoms with Crippen LogP contribution in [0.3, 0.4) is 0 Å². The van der Waals surface area contributed by atoms with E-state index in [1.54, 1.807) is 31.2 Å². The zero-order valence-corrected chi connectivity index (χ0v) is 17.3. The van der Waals surface area contributed by atoms with Gasteiger partial charge in [-0.15, -0.1) is 0 Å². The van der Waals surface area contributed by atoms with Gasteiger partial charge in [-0.1, -0.05) is 45.0 Å². The van der Waals surface area contributed by atoms with Crippen molar-refractivity contribution >= 4 is 0 Å². The number of rotatable bonds is 10. The summed E-state index contributed by atoms with van der Waals surface area (Å²) >= 11 is 0. The monoisotopic (exact) mass is 409 g/mol. The molecule has 0 aromatic heterocycles. The Bertz CT molecular complexity index is 757. The Labute approximate surface area is 171 Å². The van der Waals surface area contributed by atoms with Crippen LogP contribution in [0.4, 0.5) is 13.2 Å². The van der Waals surface area contributed by atoms with Crippen molar-refractivity contribution in [3.8, 4) is 5.75 Å². The van der Waals surface area contributed by atoms with Crippen molar-refractivity contribution in [2.45, 2.75) is 45.4 Å². The predicted molar refractivity (Wildman–Crippen MR) is 109 cm³/mol. The fourth-order valence-electron chi connectivity index (χ4n) is 3.37. The van der Waals surface area contributed by atoms with E-state index in [0.29, 0.717) is 17.9 Å². The first-order chi connectivity index (χ1) is 13.7. The number of alkyl halides is 3. The summed E-state index contributed by atoms with van der Waals surface area (Å²) in [5.74, 6) is 0.677. The van der Waals surface area contributed by atoms with Crippen LogP contribution in [0.5, 0.6) is 5.75 Å². The summed E-state index contributed by atoms with van der Waals surface area (Å²) in [5, 5.41) is 11.2. The smallest absolute Gasteiger partial charge is 0.416 e. The van der Waals surface area contributed by atoms with Crippen LogP contribution in [0.25, 0.3) is 0 Å². The molecule has 2 rings (SSSR count). The molecule has 0 spiro atoms. The highest BCUT2D eigenvalue weighted by molar-refractivity contribution is 5.40. The largest absolute Gasteiger partial charge is 0.494 e. The molecule has 2 aromatic carbocycles. The Kier molecular flexibility index (Phi) is 8.11. The fourth-order valence-corrected chi connectivity index (χ4v) is 3.37. The average Bonchev–Trinajstić information content (AvgIpc) is 2.73. The molecule has 0 heterocycles. The number of halogens is 3. The molecular formula is C23H30F3NO2. The van der Waals surface area contributed by atoms with E-state index in [9.17, 15) is 18.3 Å². The highest BCUT2D eigenvalue weighted by Gasteiger charge is 2.34. The SMILES string of the molecule is CCN(CC)CCCOc1ccc(C(O)(CC)c2cccc(C(F)(F)F)c2)cc1. The van der Waals surface area contributed by atoms with Crippen molar-refractivity contribution in [1.29, 1.82) is 0 Å². The van der Waals surface area contributed by atoms with Crippen molar-refractivity contribution < 1.29 is 23.0 Å². The second kappa shape index (κ2) is 10.1. The van der Waals surface area contributed by atoms with Gasteiger partial charge in [-0.3, -0.25) is 0 Å². The van der Waals surface area contributed by atoms with Crippen LogP contribution in [-0.2, 0) is 11.8 Å². The second-order valence-corrected chi connectivity index (χ2v) is 7.05. The lowest BCUT2D eigenvalue weighted by molar-refractivity contribution is -0.137. The lowest BCUT2D eigenvalue weighted by Gasteiger charge is -2.29. The van der Waals surface area contributed by atoms with Crippen molar-refractivity contribution in [3.05, 3.63) is 65.2 Å². The Morgan fingerprint density at radius 1 is 0.897 bits per heavy atom. The number of ether oxygens (including phenoxy) is 1. The lowest BCUT2D eigenvalue weighted by Crippen LogP contribution is -2.27. The van der Waals surface area contributed by atoms with E-state index in [0.717, 1.165) is 38.2 Å². The van der Waals surface area contributed by atoms with E-state index in [1.807, 2.05) is 0 Å². The quantitative estimate of drug-likeness (QED) is 0.529. The maximum Gasteiger partial charge on any atom is 0.416 e. The molecule has 1 N–H and O–H groups in total. The van der Waals surface area contributed by atoms with E-state index in [4.69, 9.17) is 4.74 Å². The average molecular weight is 409 g/mol. The Morgan fingerprint density at radius 3 is 2.07 bits per heavy atom. The number of hydrogen-bond acceptors (Lipinski definition) is 3. The molecule has 2 aromatic rings. The van der Waals surface area contributed by atoms with Gasteiger partial charge in [-0.05, 0) is 61.3 Å². The molecule has 160 valence electrons. The molecule has 3 nitrogen and oxygen atoms in total. The molecule has 1 unspecified atom stereocenters. The summed E-state index contributed by atoms with van der Waals surface area (Å²) in [6.07, 6.45) is -3.29. The van der Waals surface area contributed by atoms with Gasteiger partial charge in [0.25, 0.3) is 0 Å². The molecule has 0 fully saturated rings. The van der Waals surface area contributed by atoms with E-state index < -0.39 is 17.3 Å². The van der Waals surface area contributed by atoms with E-state index in [2.05, 4.69) is 18.7 Å². The molecule has 0 radical (unpaired) electrons. The van der Waals surface area contributed by atoms with Crippen LogP contribution < -0.4 is 4.74 Å². The zero-order chi connectivity index (χ0) is 21.5. The zero-order valence-electron chi connectivity index (χ0n) is 17.3. The van der Waals surface area contributed by atoms with Gasteiger partial charge in [-0.2, -0.15) is 13.2 Å². The standard InChI is InChI=1S/C23H30F3NO2/c1-4-22(28,19-9-7-10-20(17-19)23(24,25)26)18-11-13-21(14-12-18)29-16-8-15-27(5-2)6-3/h7,9-14,17,28H,4-6,8,15-16H2,1-3H3. The maximum absolute atomic E-state index is 13.1. The Balaban J connectivity index is 2.10. The molecule has 0 saturated heterocycles. The maximum atomic E-state index is 13.1. The molecular weight excluding hydrogens is 379 g/mol. The molecule has 1 atom stereocenters. The first-order valence-electron chi connectivity index (χ1n) is 10.1. The van der Waals surface area contributed by atoms with Crippen LogP contribution in [0, 0.1) is 0 Å². The first kappa shape index (κ1) is 23.2. The third-order valence-electron chi connectivity index (χ3n) is 5.29. The van der Waals surface area contributed by atoms with E-state index in [-0.39, 0.29) is 12.0 Å². The molecule has 29 heavy (non-hydrogen) atoms. The number of aliphatic hydroxyl groups is 1. The van der Waals surface area contributed by atoms with Gasteiger partial charge in [0.2, 0.25) is 0 Å². The molecule has 0 amide bonds. The highest BCUT2D eigenvalue weighted by atomic mass is 19.4. The van der Waals surface area contributed by atoms with Crippen LogP contribution in [0.15, 0.2) is 48.5 Å². The van der Waals surface area contributed by atoms with Gasteiger partial charge in [-0.25, -0.2) is 0 Å². The molecule has 0 aliphatic carbocycles. The summed E-state index contributed by atoms with van der Waals surface area (Å²) in [6.45, 7) is 9.58. The minimum atomic E-state index is -4.45. The van der Waals surface area contributed by atoms with Gasteiger partial charge < -0.3 is 14.7 Å². The molecule has 6 heteroatoms. The molecule has 0 aliphatic rings. The minimum absolute atomic E-state index is 0.225. The third-order valence-corrected chi connectivity index (χ3v) is 5.29. The van der Waals surface area contributed by atoms with Gasteiger partial charge in [0.15, 0.2) is 0 Å². The normalized spacial score (nSPS) is 14.1. The molecule has 0 aliphatic heterocycles. The second-order valence-electron chi connectivity index (χ2n) is 7.05. The van der Waals surface area contributed by atoms with Gasteiger partial charge in [0.05, 0.1) is 12.2 Å². The molecule has 0 saturated carbocycles. The third kappa shape index (κ3) is 5.97. The van der Waals surface area contributed by atoms with Crippen molar-refractivity contribution in [3.63, 3.8) is 0 Å². The van der Waals surface area contributed by atoms with Crippen LogP contribution in [0.2, 0.25) is 0 Å². The summed E-state index contributed by atoms with van der Waals surface area (Å²) in [6, 6.07) is 11.8. The van der Waals surface area contributed by atoms with Crippen molar-refractivity contribution in [2.75, 3.05) is 26.2 Å². The first-order valence-corrected chi connectivity index (χ1v) is 10.1. The number of nitrogens with zero attached hydrogens (tertiary/aromatic N) is 1. The van der Waals surface area contributed by atoms with Crippen LogP contribution >= 0.6 is 0 Å². The summed E-state index contributed by atoms with van der Waals surface area (Å²) < 4.78 is 44.9. The predicted octanol–water partition coefficient (Wildman–Crippen LogP) is 5.46. The van der Waals surface area contributed by atoms with Crippen LogP contribution in [0.1, 0.15) is 50.3 Å². The van der Waals surface area contributed by atoms with Gasteiger partial charge in [0, 0.05) is 6.54 Å².